The van der Waals surface area contributed by atoms with Gasteiger partial charge >= 0.3 is 0 Å². The van der Waals surface area contributed by atoms with Gasteiger partial charge in [-0.3, -0.25) is 0 Å². The zero-order chi connectivity index (χ0) is 15.6. The lowest BCUT2D eigenvalue weighted by atomic mass is 9.93. The van der Waals surface area contributed by atoms with Crippen molar-refractivity contribution in [1.82, 2.24) is 0 Å². The molecule has 0 saturated heterocycles. The van der Waals surface area contributed by atoms with Crippen LogP contribution in [0.3, 0.4) is 0 Å². The third-order valence-corrected chi connectivity index (χ3v) is 3.92. The number of methoxy groups -OCH3 is 1. The van der Waals surface area contributed by atoms with Crippen LogP contribution in [0.5, 0.6) is 5.75 Å². The molecule has 0 amide bonds. The van der Waals surface area contributed by atoms with Crippen LogP contribution in [0.4, 0.5) is 4.39 Å². The fraction of sp³-hybridized carbons (Fsp3) is 0.333. The van der Waals surface area contributed by atoms with Crippen molar-refractivity contribution in [3.8, 4) is 5.75 Å². The van der Waals surface area contributed by atoms with E-state index < -0.39 is 11.9 Å². The molecule has 0 aliphatic carbocycles. The number of ether oxygens (including phenoxy) is 1. The van der Waals surface area contributed by atoms with Crippen molar-refractivity contribution in [3.63, 3.8) is 0 Å². The van der Waals surface area contributed by atoms with Gasteiger partial charge in [-0.05, 0) is 54.7 Å². The largest absolute Gasteiger partial charge is 0.494 e. The van der Waals surface area contributed by atoms with Crippen LogP contribution in [-0.2, 0) is 6.42 Å². The molecule has 0 spiro atoms. The highest BCUT2D eigenvalue weighted by molar-refractivity contribution is 5.39. The molecule has 0 fully saturated rings. The zero-order valence-corrected chi connectivity index (χ0v) is 12.9. The minimum atomic E-state index is -0.731. The fourth-order valence-corrected chi connectivity index (χ4v) is 2.53. The van der Waals surface area contributed by atoms with E-state index in [0.717, 1.165) is 16.7 Å². The van der Waals surface area contributed by atoms with Crippen molar-refractivity contribution in [2.24, 2.45) is 0 Å². The molecule has 0 heterocycles. The van der Waals surface area contributed by atoms with Gasteiger partial charge in [0.1, 0.15) is 0 Å². The molecule has 21 heavy (non-hydrogen) atoms. The highest BCUT2D eigenvalue weighted by Gasteiger charge is 2.16. The van der Waals surface area contributed by atoms with E-state index in [1.807, 2.05) is 26.8 Å². The molecular weight excluding hydrogens is 267 g/mol. The van der Waals surface area contributed by atoms with Crippen molar-refractivity contribution >= 4 is 0 Å². The summed E-state index contributed by atoms with van der Waals surface area (Å²) in [5, 5.41) is 10.5. The third kappa shape index (κ3) is 3.24. The Labute approximate surface area is 125 Å². The maximum Gasteiger partial charge on any atom is 0.168 e. The lowest BCUT2D eigenvalue weighted by molar-refractivity contribution is 0.176. The number of halogens is 1. The monoisotopic (exact) mass is 288 g/mol. The second-order valence-electron chi connectivity index (χ2n) is 5.45. The number of hydrogen-bond donors (Lipinski definition) is 1. The normalized spacial score (nSPS) is 12.3. The summed E-state index contributed by atoms with van der Waals surface area (Å²) in [6.45, 7) is 6.02. The SMILES string of the molecule is COc1cccc(CC(O)c2cc(C)c(C)cc2C)c1F. The van der Waals surface area contributed by atoms with E-state index in [4.69, 9.17) is 4.74 Å². The first kappa shape index (κ1) is 15.5. The van der Waals surface area contributed by atoms with E-state index >= 15 is 0 Å². The minimum absolute atomic E-state index is 0.205. The minimum Gasteiger partial charge on any atom is -0.494 e. The van der Waals surface area contributed by atoms with Crippen LogP contribution >= 0.6 is 0 Å². The molecule has 3 heteroatoms. The van der Waals surface area contributed by atoms with Crippen molar-refractivity contribution in [1.29, 1.82) is 0 Å². The van der Waals surface area contributed by atoms with Gasteiger partial charge in [-0.15, -0.1) is 0 Å². The molecule has 0 aliphatic heterocycles. The van der Waals surface area contributed by atoms with Crippen molar-refractivity contribution in [3.05, 3.63) is 64.0 Å². The van der Waals surface area contributed by atoms with Crippen LogP contribution in [0, 0.1) is 26.6 Å². The van der Waals surface area contributed by atoms with Gasteiger partial charge in [0.05, 0.1) is 13.2 Å². The van der Waals surface area contributed by atoms with Gasteiger partial charge in [0, 0.05) is 6.42 Å². The summed E-state index contributed by atoms with van der Waals surface area (Å²) < 4.78 is 19.1. The number of rotatable bonds is 4. The number of benzene rings is 2. The first-order valence-corrected chi connectivity index (χ1v) is 7.01. The molecule has 0 radical (unpaired) electrons. The van der Waals surface area contributed by atoms with E-state index in [1.54, 1.807) is 18.2 Å². The van der Waals surface area contributed by atoms with E-state index in [2.05, 4.69) is 6.07 Å². The van der Waals surface area contributed by atoms with Crippen LogP contribution in [0.1, 0.15) is 33.9 Å². The average molecular weight is 288 g/mol. The van der Waals surface area contributed by atoms with Crippen LogP contribution in [-0.4, -0.2) is 12.2 Å². The van der Waals surface area contributed by atoms with Gasteiger partial charge in [0.2, 0.25) is 0 Å². The Morgan fingerprint density at radius 2 is 1.76 bits per heavy atom. The van der Waals surface area contributed by atoms with Gasteiger partial charge in [-0.2, -0.15) is 0 Å². The molecule has 1 N–H and O–H groups in total. The lowest BCUT2D eigenvalue weighted by Gasteiger charge is -2.17. The maximum atomic E-state index is 14.2. The molecule has 1 unspecified atom stereocenters. The molecule has 0 aliphatic rings. The van der Waals surface area contributed by atoms with Gasteiger partial charge in [0.25, 0.3) is 0 Å². The standard InChI is InChI=1S/C18H21FO2/c1-11-8-13(3)15(9-12(11)2)16(20)10-14-6-5-7-17(21-4)18(14)19/h5-9,16,20H,10H2,1-4H3. The Balaban J connectivity index is 2.30. The summed E-state index contributed by atoms with van der Waals surface area (Å²) in [4.78, 5) is 0. The second-order valence-corrected chi connectivity index (χ2v) is 5.45. The van der Waals surface area contributed by atoms with Crippen molar-refractivity contribution < 1.29 is 14.2 Å². The summed E-state index contributed by atoms with van der Waals surface area (Å²) in [6, 6.07) is 9.02. The molecule has 112 valence electrons. The van der Waals surface area contributed by atoms with Crippen LogP contribution in [0.25, 0.3) is 0 Å². The summed E-state index contributed by atoms with van der Waals surface area (Å²) in [7, 11) is 1.44. The number of aliphatic hydroxyl groups is 1. The predicted molar refractivity (Wildman–Crippen MR) is 82.3 cm³/mol. The number of aliphatic hydroxyl groups excluding tert-OH is 1. The third-order valence-electron chi connectivity index (χ3n) is 3.92. The molecular formula is C18H21FO2. The summed E-state index contributed by atoms with van der Waals surface area (Å²) >= 11 is 0. The van der Waals surface area contributed by atoms with E-state index in [9.17, 15) is 9.50 Å². The maximum absolute atomic E-state index is 14.2. The first-order valence-electron chi connectivity index (χ1n) is 7.01. The average Bonchev–Trinajstić information content (AvgIpc) is 2.45. The quantitative estimate of drug-likeness (QED) is 0.920. The number of hydrogen-bond acceptors (Lipinski definition) is 2. The summed E-state index contributed by atoms with van der Waals surface area (Å²) in [6.07, 6.45) is -0.502. The Kier molecular flexibility index (Phi) is 4.63. The van der Waals surface area contributed by atoms with Crippen LogP contribution in [0.2, 0.25) is 0 Å². The molecule has 0 saturated carbocycles. The summed E-state index contributed by atoms with van der Waals surface area (Å²) in [5.74, 6) is -0.197. The molecule has 1 atom stereocenters. The van der Waals surface area contributed by atoms with Gasteiger partial charge in [0.15, 0.2) is 11.6 Å². The van der Waals surface area contributed by atoms with E-state index in [0.29, 0.717) is 5.56 Å². The van der Waals surface area contributed by atoms with E-state index in [-0.39, 0.29) is 12.2 Å². The second kappa shape index (κ2) is 6.27. The molecule has 0 bridgehead atoms. The van der Waals surface area contributed by atoms with Gasteiger partial charge < -0.3 is 9.84 Å². The highest BCUT2D eigenvalue weighted by atomic mass is 19.1. The Hall–Kier alpha value is -1.87. The molecule has 2 aromatic rings. The lowest BCUT2D eigenvalue weighted by Crippen LogP contribution is -2.07. The number of aryl methyl sites for hydroxylation is 3. The first-order chi connectivity index (χ1) is 9.93. The Morgan fingerprint density at radius 3 is 2.43 bits per heavy atom. The molecule has 2 nitrogen and oxygen atoms in total. The van der Waals surface area contributed by atoms with Crippen LogP contribution in [0.15, 0.2) is 30.3 Å². The summed E-state index contributed by atoms with van der Waals surface area (Å²) in [5.41, 5.74) is 4.64. The van der Waals surface area contributed by atoms with Crippen molar-refractivity contribution in [2.45, 2.75) is 33.3 Å². The highest BCUT2D eigenvalue weighted by Crippen LogP contribution is 2.28. The van der Waals surface area contributed by atoms with Gasteiger partial charge in [-0.25, -0.2) is 4.39 Å². The van der Waals surface area contributed by atoms with Crippen LogP contribution < -0.4 is 4.74 Å². The topological polar surface area (TPSA) is 29.5 Å². The molecule has 2 aromatic carbocycles. The Bertz CT molecular complexity index is 650. The van der Waals surface area contributed by atoms with E-state index in [1.165, 1.54) is 12.7 Å². The smallest absolute Gasteiger partial charge is 0.168 e. The van der Waals surface area contributed by atoms with Crippen molar-refractivity contribution in [2.75, 3.05) is 7.11 Å². The molecule has 0 aromatic heterocycles. The predicted octanol–water partition coefficient (Wildman–Crippen LogP) is 4.04. The van der Waals surface area contributed by atoms with Gasteiger partial charge in [-0.1, -0.05) is 24.3 Å². The Morgan fingerprint density at radius 1 is 1.10 bits per heavy atom. The fourth-order valence-electron chi connectivity index (χ4n) is 2.53. The molecule has 2 rings (SSSR count). The zero-order valence-electron chi connectivity index (χ0n) is 12.9.